The Morgan fingerprint density at radius 1 is 1.31 bits per heavy atom. The zero-order valence-electron chi connectivity index (χ0n) is 14.4. The van der Waals surface area contributed by atoms with Crippen LogP contribution in [0.25, 0.3) is 0 Å². The van der Waals surface area contributed by atoms with Crippen molar-refractivity contribution in [1.29, 1.82) is 0 Å². The lowest BCUT2D eigenvalue weighted by Gasteiger charge is -2.30. The van der Waals surface area contributed by atoms with Crippen molar-refractivity contribution in [3.63, 3.8) is 0 Å². The molecule has 0 unspecified atom stereocenters. The molecule has 9 heteroatoms. The summed E-state index contributed by atoms with van der Waals surface area (Å²) in [6.07, 6.45) is 1.69. The first-order valence-corrected chi connectivity index (χ1v) is 8.84. The molecule has 2 N–H and O–H groups in total. The number of hydrogen-bond acceptors (Lipinski definition) is 6. The highest BCUT2D eigenvalue weighted by molar-refractivity contribution is 7.07. The fourth-order valence-corrected chi connectivity index (χ4v) is 3.21. The highest BCUT2D eigenvalue weighted by atomic mass is 35.5. The van der Waals surface area contributed by atoms with Gasteiger partial charge in [0.05, 0.1) is 18.3 Å². The smallest absolute Gasteiger partial charge is 0.253 e. The first kappa shape index (κ1) is 22.5. The van der Waals surface area contributed by atoms with E-state index in [4.69, 9.17) is 15.2 Å². The van der Waals surface area contributed by atoms with Gasteiger partial charge in [-0.05, 0) is 31.0 Å². The molecule has 0 bridgehead atoms. The predicted molar refractivity (Wildman–Crippen MR) is 107 cm³/mol. The number of piperidine rings is 1. The van der Waals surface area contributed by atoms with Crippen LogP contribution in [-0.2, 0) is 6.61 Å². The van der Waals surface area contributed by atoms with Crippen LogP contribution in [0.2, 0.25) is 0 Å². The number of nitrogens with zero attached hydrogens (tertiary/aromatic N) is 2. The summed E-state index contributed by atoms with van der Waals surface area (Å²) in [6, 6.07) is 5.47. The van der Waals surface area contributed by atoms with Gasteiger partial charge in [-0.25, -0.2) is 4.98 Å². The van der Waals surface area contributed by atoms with E-state index in [1.165, 1.54) is 11.3 Å². The number of amides is 1. The SMILES string of the molecule is COc1cc(C(=O)N2CCC(N)CC2)ccc1OCc1cscn1.Cl.Cl. The van der Waals surface area contributed by atoms with Gasteiger partial charge in [0.25, 0.3) is 5.91 Å². The van der Waals surface area contributed by atoms with E-state index in [2.05, 4.69) is 4.98 Å². The Kier molecular flexibility index (Phi) is 9.15. The summed E-state index contributed by atoms with van der Waals surface area (Å²) in [6.45, 7) is 1.77. The summed E-state index contributed by atoms with van der Waals surface area (Å²) in [5.74, 6) is 1.15. The summed E-state index contributed by atoms with van der Waals surface area (Å²) in [4.78, 5) is 18.6. The Labute approximate surface area is 169 Å². The number of thiazole rings is 1. The zero-order chi connectivity index (χ0) is 16.9. The molecular weight excluding hydrogens is 397 g/mol. The van der Waals surface area contributed by atoms with Crippen molar-refractivity contribution in [2.24, 2.45) is 5.73 Å². The van der Waals surface area contributed by atoms with E-state index >= 15 is 0 Å². The summed E-state index contributed by atoms with van der Waals surface area (Å²) < 4.78 is 11.1. The molecule has 1 aliphatic rings. The van der Waals surface area contributed by atoms with Gasteiger partial charge in [-0.3, -0.25) is 4.79 Å². The third kappa shape index (κ3) is 5.48. The molecule has 0 saturated carbocycles. The number of aromatic nitrogens is 1. The quantitative estimate of drug-likeness (QED) is 0.804. The second-order valence-corrected chi connectivity index (χ2v) is 6.48. The molecule has 0 aliphatic carbocycles. The van der Waals surface area contributed by atoms with Gasteiger partial charge in [-0.2, -0.15) is 0 Å². The Morgan fingerprint density at radius 3 is 2.65 bits per heavy atom. The molecule has 26 heavy (non-hydrogen) atoms. The molecule has 2 aromatic rings. The van der Waals surface area contributed by atoms with Crippen LogP contribution >= 0.6 is 36.2 Å². The number of hydrogen-bond donors (Lipinski definition) is 1. The molecule has 3 rings (SSSR count). The number of carbonyl (C=O) groups excluding carboxylic acids is 1. The summed E-state index contributed by atoms with van der Waals surface area (Å²) >= 11 is 1.53. The van der Waals surface area contributed by atoms with E-state index in [-0.39, 0.29) is 36.8 Å². The van der Waals surface area contributed by atoms with Crippen LogP contribution in [0.4, 0.5) is 0 Å². The normalized spacial score (nSPS) is 14.2. The van der Waals surface area contributed by atoms with E-state index in [1.807, 2.05) is 10.3 Å². The van der Waals surface area contributed by atoms with Gasteiger partial charge in [0.1, 0.15) is 6.61 Å². The van der Waals surface area contributed by atoms with Crippen molar-refractivity contribution in [2.75, 3.05) is 20.2 Å². The molecule has 1 aromatic carbocycles. The number of likely N-dealkylation sites (tertiary alicyclic amines) is 1. The molecule has 1 fully saturated rings. The van der Waals surface area contributed by atoms with E-state index in [0.29, 0.717) is 36.8 Å². The van der Waals surface area contributed by atoms with Crippen LogP contribution in [-0.4, -0.2) is 42.0 Å². The van der Waals surface area contributed by atoms with Crippen molar-refractivity contribution in [2.45, 2.75) is 25.5 Å². The number of carbonyl (C=O) groups is 1. The lowest BCUT2D eigenvalue weighted by Crippen LogP contribution is -2.42. The van der Waals surface area contributed by atoms with Gasteiger partial charge >= 0.3 is 0 Å². The summed E-state index contributed by atoms with van der Waals surface area (Å²) in [5.41, 5.74) is 9.13. The Morgan fingerprint density at radius 2 is 2.04 bits per heavy atom. The lowest BCUT2D eigenvalue weighted by molar-refractivity contribution is 0.0714. The minimum atomic E-state index is 0. The van der Waals surface area contributed by atoms with Crippen molar-refractivity contribution >= 4 is 42.1 Å². The average molecular weight is 420 g/mol. The molecule has 144 valence electrons. The van der Waals surface area contributed by atoms with Gasteiger partial charge in [0.15, 0.2) is 11.5 Å². The van der Waals surface area contributed by atoms with Gasteiger partial charge < -0.3 is 20.1 Å². The number of ether oxygens (including phenoxy) is 2. The maximum atomic E-state index is 12.6. The second kappa shape index (κ2) is 10.6. The van der Waals surface area contributed by atoms with Gasteiger partial charge in [0, 0.05) is 30.1 Å². The van der Waals surface area contributed by atoms with Crippen molar-refractivity contribution in [3.05, 3.63) is 40.3 Å². The minimum absolute atomic E-state index is 0. The number of rotatable bonds is 5. The molecule has 6 nitrogen and oxygen atoms in total. The summed E-state index contributed by atoms with van der Waals surface area (Å²) in [7, 11) is 1.57. The van der Waals surface area contributed by atoms with E-state index in [1.54, 1.807) is 30.8 Å². The third-order valence-electron chi connectivity index (χ3n) is 4.10. The first-order chi connectivity index (χ1) is 11.7. The Bertz CT molecular complexity index is 693. The molecule has 1 aliphatic heterocycles. The molecule has 0 radical (unpaired) electrons. The van der Waals surface area contributed by atoms with E-state index < -0.39 is 0 Å². The minimum Gasteiger partial charge on any atom is -0.493 e. The maximum Gasteiger partial charge on any atom is 0.253 e. The third-order valence-corrected chi connectivity index (χ3v) is 4.73. The van der Waals surface area contributed by atoms with Crippen LogP contribution < -0.4 is 15.2 Å². The Balaban J connectivity index is 0.00000169. The second-order valence-electron chi connectivity index (χ2n) is 5.76. The number of benzene rings is 1. The average Bonchev–Trinajstić information content (AvgIpc) is 3.13. The predicted octanol–water partition coefficient (Wildman–Crippen LogP) is 3.14. The molecule has 1 saturated heterocycles. The fraction of sp³-hybridized carbons (Fsp3) is 0.412. The molecule has 0 atom stereocenters. The molecule has 0 spiro atoms. The molecular formula is C17H23Cl2N3O3S. The van der Waals surface area contributed by atoms with Crippen LogP contribution in [0.3, 0.4) is 0 Å². The largest absolute Gasteiger partial charge is 0.493 e. The fourth-order valence-electron chi connectivity index (χ4n) is 2.67. The molecule has 1 aromatic heterocycles. The topological polar surface area (TPSA) is 77.7 Å². The van der Waals surface area contributed by atoms with Gasteiger partial charge in [0.2, 0.25) is 0 Å². The van der Waals surface area contributed by atoms with Crippen molar-refractivity contribution in [3.8, 4) is 11.5 Å². The maximum absolute atomic E-state index is 12.6. The van der Waals surface area contributed by atoms with Gasteiger partial charge in [-0.15, -0.1) is 36.2 Å². The first-order valence-electron chi connectivity index (χ1n) is 7.90. The van der Waals surface area contributed by atoms with E-state index in [9.17, 15) is 4.79 Å². The van der Waals surface area contributed by atoms with Gasteiger partial charge in [-0.1, -0.05) is 0 Å². The van der Waals surface area contributed by atoms with Crippen LogP contribution in [0, 0.1) is 0 Å². The Hall–Kier alpha value is -1.54. The van der Waals surface area contributed by atoms with Crippen LogP contribution in [0.5, 0.6) is 11.5 Å². The highest BCUT2D eigenvalue weighted by Crippen LogP contribution is 2.29. The van der Waals surface area contributed by atoms with Crippen molar-refractivity contribution in [1.82, 2.24) is 9.88 Å². The van der Waals surface area contributed by atoms with Crippen LogP contribution in [0.1, 0.15) is 28.9 Å². The molecule has 1 amide bonds. The monoisotopic (exact) mass is 419 g/mol. The highest BCUT2D eigenvalue weighted by Gasteiger charge is 2.22. The standard InChI is InChI=1S/C17H21N3O3S.2ClH/c1-22-16-8-12(17(21)20-6-4-13(18)5-7-20)2-3-15(16)23-9-14-10-24-11-19-14;;/h2-3,8,10-11,13H,4-7,9,18H2,1H3;2*1H. The number of halogens is 2. The summed E-state index contributed by atoms with van der Waals surface area (Å²) in [5, 5.41) is 1.94. The van der Waals surface area contributed by atoms with E-state index in [0.717, 1.165) is 18.5 Å². The number of nitrogens with two attached hydrogens (primary N) is 1. The van der Waals surface area contributed by atoms with Crippen LogP contribution in [0.15, 0.2) is 29.1 Å². The molecule has 2 heterocycles. The number of methoxy groups -OCH3 is 1. The zero-order valence-corrected chi connectivity index (χ0v) is 16.9. The lowest BCUT2D eigenvalue weighted by atomic mass is 10.0. The van der Waals surface area contributed by atoms with Crippen molar-refractivity contribution < 1.29 is 14.3 Å².